The van der Waals surface area contributed by atoms with E-state index in [9.17, 15) is 15.3 Å². The van der Waals surface area contributed by atoms with Crippen LogP contribution in [0.3, 0.4) is 0 Å². The molecule has 0 spiro atoms. The van der Waals surface area contributed by atoms with Crippen LogP contribution in [0.25, 0.3) is 11.8 Å². The number of hydrogen-bond donors (Lipinski definition) is 1. The summed E-state index contributed by atoms with van der Waals surface area (Å²) < 4.78 is 7.93. The lowest BCUT2D eigenvalue weighted by Gasteiger charge is -2.12. The Balaban J connectivity index is 1.81. The van der Waals surface area contributed by atoms with Crippen LogP contribution >= 0.6 is 0 Å². The van der Waals surface area contributed by atoms with E-state index >= 15 is 0 Å². The van der Waals surface area contributed by atoms with Crippen molar-refractivity contribution in [3.63, 3.8) is 0 Å². The number of aromatic nitrogens is 1. The average Bonchev–Trinajstić information content (AvgIpc) is 3.08. The molecule has 1 heterocycles. The molecule has 6 heteroatoms. The highest BCUT2D eigenvalue weighted by Gasteiger charge is 2.14. The highest BCUT2D eigenvalue weighted by molar-refractivity contribution is 6.02. The molecule has 3 rings (SSSR count). The monoisotopic (exact) mass is 438 g/mol. The zero-order valence-electron chi connectivity index (χ0n) is 19.2. The Morgan fingerprint density at radius 1 is 1.12 bits per heavy atom. The Hall–Kier alpha value is -4.29. The van der Waals surface area contributed by atoms with Gasteiger partial charge in [-0.25, -0.2) is 0 Å². The Morgan fingerprint density at radius 2 is 1.82 bits per heavy atom. The largest absolute Gasteiger partial charge is 0.489 e. The molecule has 0 aliphatic heterocycles. The molecule has 0 saturated heterocycles. The van der Waals surface area contributed by atoms with Gasteiger partial charge in [-0.05, 0) is 75.7 Å². The molecule has 0 radical (unpaired) electrons. The highest BCUT2D eigenvalue weighted by atomic mass is 16.5. The first-order valence-electron chi connectivity index (χ1n) is 10.7. The fraction of sp³-hybridized carbons (Fsp3) is 0.222. The number of nitrogens with one attached hydrogen (secondary N) is 1. The van der Waals surface area contributed by atoms with Gasteiger partial charge in [0.1, 0.15) is 24.0 Å². The van der Waals surface area contributed by atoms with Crippen molar-refractivity contribution < 1.29 is 9.53 Å². The standard InChI is InChI=1S/C27H26N4O2/c1-18(2)30-27(32)24(16-29)14-23-13-19(3)31(20(23)4)25-9-11-26(12-10-25)33-17-22-8-6-5-7-21(22)15-28/h5-14,18H,17H2,1-4H3,(H,30,32)/b24-14-. The molecule has 2 aromatic carbocycles. The quantitative estimate of drug-likeness (QED) is 0.416. The lowest BCUT2D eigenvalue weighted by molar-refractivity contribution is -0.117. The Bertz CT molecular complexity index is 1270. The second-order valence-electron chi connectivity index (χ2n) is 8.01. The van der Waals surface area contributed by atoms with E-state index in [4.69, 9.17) is 4.74 Å². The maximum Gasteiger partial charge on any atom is 0.262 e. The number of carbonyl (C=O) groups excluding carboxylic acids is 1. The van der Waals surface area contributed by atoms with Gasteiger partial charge in [0.15, 0.2) is 0 Å². The zero-order valence-corrected chi connectivity index (χ0v) is 19.2. The summed E-state index contributed by atoms with van der Waals surface area (Å²) in [5.41, 5.74) is 5.19. The minimum absolute atomic E-state index is 0.0456. The lowest BCUT2D eigenvalue weighted by Crippen LogP contribution is -2.30. The number of benzene rings is 2. The third kappa shape index (κ3) is 5.50. The van der Waals surface area contributed by atoms with E-state index < -0.39 is 0 Å². The topological polar surface area (TPSA) is 90.8 Å². The summed E-state index contributed by atoms with van der Waals surface area (Å²) in [6, 6.07) is 21.1. The number of amides is 1. The molecular weight excluding hydrogens is 412 g/mol. The molecule has 0 bridgehead atoms. The summed E-state index contributed by atoms with van der Waals surface area (Å²) in [5, 5.41) is 21.4. The maximum atomic E-state index is 12.3. The van der Waals surface area contributed by atoms with Gasteiger partial charge >= 0.3 is 0 Å². The van der Waals surface area contributed by atoms with Gasteiger partial charge in [-0.15, -0.1) is 0 Å². The number of rotatable bonds is 7. The summed E-state index contributed by atoms with van der Waals surface area (Å²) in [5.74, 6) is 0.322. The van der Waals surface area contributed by atoms with Crippen molar-refractivity contribution in [2.45, 2.75) is 40.3 Å². The van der Waals surface area contributed by atoms with E-state index in [2.05, 4.69) is 16.0 Å². The number of carbonyl (C=O) groups is 1. The molecule has 1 N–H and O–H groups in total. The molecule has 0 fully saturated rings. The Labute approximate surface area is 194 Å². The van der Waals surface area contributed by atoms with Gasteiger partial charge in [0.25, 0.3) is 5.91 Å². The molecule has 33 heavy (non-hydrogen) atoms. The minimum Gasteiger partial charge on any atom is -0.489 e. The van der Waals surface area contributed by atoms with Crippen molar-refractivity contribution in [1.29, 1.82) is 10.5 Å². The SMILES string of the molecule is Cc1cc(/C=C(/C#N)C(=O)NC(C)C)c(C)n1-c1ccc(OCc2ccccc2C#N)cc1. The van der Waals surface area contributed by atoms with Crippen molar-refractivity contribution in [2.75, 3.05) is 0 Å². The van der Waals surface area contributed by atoms with Crippen LogP contribution in [0, 0.1) is 36.5 Å². The zero-order chi connectivity index (χ0) is 24.0. The normalized spacial score (nSPS) is 11.1. The van der Waals surface area contributed by atoms with Crippen molar-refractivity contribution in [3.8, 4) is 23.6 Å². The third-order valence-corrected chi connectivity index (χ3v) is 5.18. The van der Waals surface area contributed by atoms with E-state index in [1.807, 2.05) is 82.3 Å². The number of ether oxygens (including phenoxy) is 1. The smallest absolute Gasteiger partial charge is 0.262 e. The van der Waals surface area contributed by atoms with Crippen molar-refractivity contribution in [1.82, 2.24) is 9.88 Å². The summed E-state index contributed by atoms with van der Waals surface area (Å²) >= 11 is 0. The van der Waals surface area contributed by atoms with Crippen LogP contribution in [0.15, 0.2) is 60.2 Å². The van der Waals surface area contributed by atoms with Crippen LogP contribution in [0.1, 0.15) is 41.9 Å². The second-order valence-corrected chi connectivity index (χ2v) is 8.01. The van der Waals surface area contributed by atoms with Crippen LogP contribution in [0.4, 0.5) is 0 Å². The molecule has 6 nitrogen and oxygen atoms in total. The molecule has 0 saturated carbocycles. The fourth-order valence-electron chi connectivity index (χ4n) is 3.58. The number of aryl methyl sites for hydroxylation is 1. The van der Waals surface area contributed by atoms with Crippen LogP contribution in [-0.2, 0) is 11.4 Å². The molecule has 0 unspecified atom stereocenters. The molecule has 166 valence electrons. The number of hydrogen-bond acceptors (Lipinski definition) is 4. The maximum absolute atomic E-state index is 12.3. The average molecular weight is 439 g/mol. The Kier molecular flexibility index (Phi) is 7.33. The molecular formula is C27H26N4O2. The highest BCUT2D eigenvalue weighted by Crippen LogP contribution is 2.25. The molecule has 1 aromatic heterocycles. The van der Waals surface area contributed by atoms with E-state index in [1.165, 1.54) is 0 Å². The molecule has 0 aliphatic rings. The minimum atomic E-state index is -0.378. The van der Waals surface area contributed by atoms with Crippen LogP contribution < -0.4 is 10.1 Å². The van der Waals surface area contributed by atoms with Gasteiger partial charge in [-0.1, -0.05) is 18.2 Å². The van der Waals surface area contributed by atoms with Gasteiger partial charge < -0.3 is 14.6 Å². The van der Waals surface area contributed by atoms with Gasteiger partial charge in [0.05, 0.1) is 11.6 Å². The predicted octanol–water partition coefficient (Wildman–Crippen LogP) is 4.98. The van der Waals surface area contributed by atoms with E-state index in [1.54, 1.807) is 12.1 Å². The van der Waals surface area contributed by atoms with Gasteiger partial charge in [0, 0.05) is 28.7 Å². The number of nitriles is 2. The summed E-state index contributed by atoms with van der Waals surface area (Å²) in [7, 11) is 0. The van der Waals surface area contributed by atoms with E-state index in [-0.39, 0.29) is 17.5 Å². The molecule has 0 aliphatic carbocycles. The lowest BCUT2D eigenvalue weighted by atomic mass is 10.1. The molecule has 1 amide bonds. The van der Waals surface area contributed by atoms with E-state index in [0.29, 0.717) is 17.9 Å². The third-order valence-electron chi connectivity index (χ3n) is 5.18. The predicted molar refractivity (Wildman–Crippen MR) is 128 cm³/mol. The summed E-state index contributed by atoms with van der Waals surface area (Å²) in [6.45, 7) is 7.96. The van der Waals surface area contributed by atoms with Crippen LogP contribution in [0.5, 0.6) is 5.75 Å². The van der Waals surface area contributed by atoms with Crippen molar-refractivity contribution in [2.24, 2.45) is 0 Å². The van der Waals surface area contributed by atoms with Gasteiger partial charge in [-0.3, -0.25) is 4.79 Å². The van der Waals surface area contributed by atoms with Crippen molar-refractivity contribution in [3.05, 3.63) is 88.2 Å². The summed E-state index contributed by atoms with van der Waals surface area (Å²) in [6.07, 6.45) is 1.63. The van der Waals surface area contributed by atoms with Gasteiger partial charge in [0.2, 0.25) is 0 Å². The fourth-order valence-corrected chi connectivity index (χ4v) is 3.58. The first kappa shape index (κ1) is 23.4. The van der Waals surface area contributed by atoms with Crippen molar-refractivity contribution >= 4 is 12.0 Å². The first-order valence-corrected chi connectivity index (χ1v) is 10.7. The van der Waals surface area contributed by atoms with Crippen LogP contribution in [0.2, 0.25) is 0 Å². The van der Waals surface area contributed by atoms with Crippen LogP contribution in [-0.4, -0.2) is 16.5 Å². The first-order chi connectivity index (χ1) is 15.8. The van der Waals surface area contributed by atoms with E-state index in [0.717, 1.165) is 28.2 Å². The Morgan fingerprint density at radius 3 is 2.45 bits per heavy atom. The molecule has 0 atom stereocenters. The molecule has 3 aromatic rings. The summed E-state index contributed by atoms with van der Waals surface area (Å²) in [4.78, 5) is 12.3. The second kappa shape index (κ2) is 10.3. The van der Waals surface area contributed by atoms with Gasteiger partial charge in [-0.2, -0.15) is 10.5 Å². The number of nitrogens with zero attached hydrogens (tertiary/aromatic N) is 3.